The molecule has 1 saturated heterocycles. The molecule has 0 bridgehead atoms. The molecule has 116 valence electrons. The van der Waals surface area contributed by atoms with Crippen LogP contribution in [-0.4, -0.2) is 41.7 Å². The van der Waals surface area contributed by atoms with Crippen molar-refractivity contribution in [2.75, 3.05) is 19.8 Å². The van der Waals surface area contributed by atoms with Gasteiger partial charge >= 0.3 is 5.97 Å². The average molecular weight is 312 g/mol. The molecule has 1 aromatic rings. The van der Waals surface area contributed by atoms with Crippen LogP contribution in [0.15, 0.2) is 6.20 Å². The molecule has 0 aliphatic carbocycles. The first-order valence-electron chi connectivity index (χ1n) is 7.11. The van der Waals surface area contributed by atoms with E-state index in [1.165, 1.54) is 11.3 Å². The minimum atomic E-state index is -0.912. The predicted octanol–water partition coefficient (Wildman–Crippen LogP) is 1.71. The summed E-state index contributed by atoms with van der Waals surface area (Å²) in [4.78, 5) is 28.3. The van der Waals surface area contributed by atoms with Crippen LogP contribution in [0.2, 0.25) is 0 Å². The van der Waals surface area contributed by atoms with Gasteiger partial charge in [0.1, 0.15) is 4.88 Å². The summed E-state index contributed by atoms with van der Waals surface area (Å²) in [5, 5.41) is 13.1. The zero-order valence-corrected chi connectivity index (χ0v) is 12.9. The maximum Gasteiger partial charge on any atom is 0.311 e. The fraction of sp³-hybridized carbons (Fsp3) is 0.643. The van der Waals surface area contributed by atoms with E-state index in [0.29, 0.717) is 30.9 Å². The Balaban J connectivity index is 1.96. The molecule has 21 heavy (non-hydrogen) atoms. The summed E-state index contributed by atoms with van der Waals surface area (Å²) in [5.74, 6) is -1.12. The number of ether oxygens (including phenoxy) is 1. The second kappa shape index (κ2) is 7.00. The predicted molar refractivity (Wildman–Crippen MR) is 78.6 cm³/mol. The fourth-order valence-electron chi connectivity index (χ4n) is 2.31. The maximum absolute atomic E-state index is 12.1. The van der Waals surface area contributed by atoms with Crippen molar-refractivity contribution < 1.29 is 19.4 Å². The van der Waals surface area contributed by atoms with Gasteiger partial charge in [-0.2, -0.15) is 0 Å². The molecule has 6 nitrogen and oxygen atoms in total. The van der Waals surface area contributed by atoms with Crippen LogP contribution in [0.3, 0.4) is 0 Å². The maximum atomic E-state index is 12.1. The molecular weight excluding hydrogens is 292 g/mol. The van der Waals surface area contributed by atoms with E-state index in [0.717, 1.165) is 17.8 Å². The first-order valence-corrected chi connectivity index (χ1v) is 7.93. The number of nitrogens with one attached hydrogen (secondary N) is 1. The Morgan fingerprint density at radius 1 is 1.48 bits per heavy atom. The number of hydrogen-bond acceptors (Lipinski definition) is 5. The fourth-order valence-corrected chi connectivity index (χ4v) is 3.25. The monoisotopic (exact) mass is 312 g/mol. The van der Waals surface area contributed by atoms with Gasteiger partial charge < -0.3 is 15.2 Å². The number of carbonyl (C=O) groups excluding carboxylic acids is 1. The summed E-state index contributed by atoms with van der Waals surface area (Å²) in [6.45, 7) is 3.03. The van der Waals surface area contributed by atoms with Crippen molar-refractivity contribution in [1.82, 2.24) is 10.3 Å². The molecule has 1 fully saturated rings. The molecule has 1 amide bonds. The van der Waals surface area contributed by atoms with Gasteiger partial charge in [-0.3, -0.25) is 9.59 Å². The molecule has 0 spiro atoms. The lowest BCUT2D eigenvalue weighted by Gasteiger charge is -2.33. The van der Waals surface area contributed by atoms with Crippen LogP contribution >= 0.6 is 11.3 Å². The second-order valence-electron chi connectivity index (χ2n) is 5.25. The highest BCUT2D eigenvalue weighted by Gasteiger charge is 2.40. The van der Waals surface area contributed by atoms with Gasteiger partial charge in [0.2, 0.25) is 0 Å². The van der Waals surface area contributed by atoms with Crippen molar-refractivity contribution in [1.29, 1.82) is 0 Å². The number of hydrogen-bond donors (Lipinski definition) is 2. The zero-order valence-electron chi connectivity index (χ0n) is 12.1. The highest BCUT2D eigenvalue weighted by molar-refractivity contribution is 7.13. The molecule has 0 unspecified atom stereocenters. The van der Waals surface area contributed by atoms with Crippen molar-refractivity contribution in [3.63, 3.8) is 0 Å². The highest BCUT2D eigenvalue weighted by Crippen LogP contribution is 2.30. The van der Waals surface area contributed by atoms with Crippen LogP contribution in [0.4, 0.5) is 0 Å². The Bertz CT molecular complexity index is 509. The number of rotatable bonds is 6. The second-order valence-corrected chi connectivity index (χ2v) is 6.36. The highest BCUT2D eigenvalue weighted by atomic mass is 32.1. The van der Waals surface area contributed by atoms with Gasteiger partial charge in [-0.15, -0.1) is 11.3 Å². The van der Waals surface area contributed by atoms with Gasteiger partial charge in [0.05, 0.1) is 16.6 Å². The SMILES string of the molecule is CCCc1ncc(C(=O)NCC2(C(=O)O)CCOCC2)s1. The summed E-state index contributed by atoms with van der Waals surface area (Å²) >= 11 is 1.36. The number of carboxylic acids is 1. The van der Waals surface area contributed by atoms with Crippen molar-refractivity contribution in [2.24, 2.45) is 5.41 Å². The smallest absolute Gasteiger partial charge is 0.311 e. The number of aryl methyl sites for hydroxylation is 1. The molecule has 0 saturated carbocycles. The zero-order chi connectivity index (χ0) is 15.3. The lowest BCUT2D eigenvalue weighted by atomic mass is 9.80. The van der Waals surface area contributed by atoms with E-state index in [1.54, 1.807) is 6.20 Å². The van der Waals surface area contributed by atoms with E-state index in [-0.39, 0.29) is 12.5 Å². The van der Waals surface area contributed by atoms with E-state index in [9.17, 15) is 14.7 Å². The molecule has 0 atom stereocenters. The van der Waals surface area contributed by atoms with Gasteiger partial charge in [0, 0.05) is 19.8 Å². The van der Waals surface area contributed by atoms with Crippen LogP contribution < -0.4 is 5.32 Å². The van der Waals surface area contributed by atoms with E-state index in [1.807, 2.05) is 0 Å². The van der Waals surface area contributed by atoms with Gasteiger partial charge in [-0.05, 0) is 25.7 Å². The van der Waals surface area contributed by atoms with Crippen LogP contribution in [-0.2, 0) is 16.0 Å². The van der Waals surface area contributed by atoms with E-state index >= 15 is 0 Å². The number of amides is 1. The van der Waals surface area contributed by atoms with Crippen molar-refractivity contribution >= 4 is 23.2 Å². The van der Waals surface area contributed by atoms with Crippen molar-refractivity contribution in [3.8, 4) is 0 Å². The lowest BCUT2D eigenvalue weighted by Crippen LogP contribution is -2.46. The summed E-state index contributed by atoms with van der Waals surface area (Å²) in [6, 6.07) is 0. The molecule has 2 heterocycles. The van der Waals surface area contributed by atoms with Crippen LogP contribution in [0.25, 0.3) is 0 Å². The Morgan fingerprint density at radius 3 is 2.81 bits per heavy atom. The first kappa shape index (κ1) is 15.9. The minimum Gasteiger partial charge on any atom is -0.481 e. The molecule has 1 aliphatic rings. The molecule has 2 N–H and O–H groups in total. The Hall–Kier alpha value is -1.47. The van der Waals surface area contributed by atoms with E-state index < -0.39 is 11.4 Å². The van der Waals surface area contributed by atoms with Crippen LogP contribution in [0, 0.1) is 5.41 Å². The molecule has 0 radical (unpaired) electrons. The number of carboxylic acid groups (broad SMARTS) is 1. The molecule has 2 rings (SSSR count). The third-order valence-corrected chi connectivity index (χ3v) is 4.79. The summed E-state index contributed by atoms with van der Waals surface area (Å²) < 4.78 is 5.21. The largest absolute Gasteiger partial charge is 0.481 e. The quantitative estimate of drug-likeness (QED) is 0.835. The average Bonchev–Trinajstić information content (AvgIpc) is 2.95. The summed E-state index contributed by atoms with van der Waals surface area (Å²) in [5.41, 5.74) is -0.912. The van der Waals surface area contributed by atoms with Gasteiger partial charge in [0.25, 0.3) is 5.91 Å². The summed E-state index contributed by atoms with van der Waals surface area (Å²) in [7, 11) is 0. The Labute approximate surface area is 127 Å². The third-order valence-electron chi connectivity index (χ3n) is 3.73. The van der Waals surface area contributed by atoms with Crippen molar-refractivity contribution in [2.45, 2.75) is 32.6 Å². The topological polar surface area (TPSA) is 88.5 Å². The number of aromatic nitrogens is 1. The minimum absolute atomic E-state index is 0.130. The number of thiazole rings is 1. The molecule has 7 heteroatoms. The van der Waals surface area contributed by atoms with Gasteiger partial charge in [-0.1, -0.05) is 6.92 Å². The van der Waals surface area contributed by atoms with Crippen LogP contribution in [0.1, 0.15) is 40.9 Å². The van der Waals surface area contributed by atoms with Gasteiger partial charge in [-0.25, -0.2) is 4.98 Å². The normalized spacial score (nSPS) is 17.4. The molecule has 1 aliphatic heterocycles. The Kier molecular flexibility index (Phi) is 5.30. The van der Waals surface area contributed by atoms with E-state index in [2.05, 4.69) is 17.2 Å². The van der Waals surface area contributed by atoms with Crippen molar-refractivity contribution in [3.05, 3.63) is 16.1 Å². The molecular formula is C14H20N2O4S. The first-order chi connectivity index (χ1) is 10.1. The number of aliphatic carboxylic acids is 1. The standard InChI is InChI=1S/C14H20N2O4S/c1-2-3-11-15-8-10(21-11)12(17)16-9-14(13(18)19)4-6-20-7-5-14/h8H,2-7,9H2,1H3,(H,16,17)(H,18,19). The van der Waals surface area contributed by atoms with Gasteiger partial charge in [0.15, 0.2) is 0 Å². The lowest BCUT2D eigenvalue weighted by molar-refractivity contribution is -0.154. The number of carbonyl (C=O) groups is 2. The molecule has 1 aromatic heterocycles. The Morgan fingerprint density at radius 2 is 2.19 bits per heavy atom. The summed E-state index contributed by atoms with van der Waals surface area (Å²) in [6.07, 6.45) is 4.24. The third kappa shape index (κ3) is 3.79. The van der Waals surface area contributed by atoms with E-state index in [4.69, 9.17) is 4.74 Å². The molecule has 0 aromatic carbocycles. The number of nitrogens with zero attached hydrogens (tertiary/aromatic N) is 1. The van der Waals surface area contributed by atoms with Crippen LogP contribution in [0.5, 0.6) is 0 Å².